The summed E-state index contributed by atoms with van der Waals surface area (Å²) in [6.07, 6.45) is 0. The first-order chi connectivity index (χ1) is 7.47. The van der Waals surface area contributed by atoms with Crippen LogP contribution in [0, 0.1) is 11.6 Å². The van der Waals surface area contributed by atoms with E-state index in [2.05, 4.69) is 5.32 Å². The van der Waals surface area contributed by atoms with E-state index in [0.717, 1.165) is 12.1 Å². The van der Waals surface area contributed by atoms with Gasteiger partial charge in [0.2, 0.25) is 0 Å². The summed E-state index contributed by atoms with van der Waals surface area (Å²) < 4.78 is 38.0. The Morgan fingerprint density at radius 2 is 1.94 bits per heavy atom. The molecule has 0 aromatic heterocycles. The highest BCUT2D eigenvalue weighted by molar-refractivity contribution is 7.85. The van der Waals surface area contributed by atoms with E-state index in [-0.39, 0.29) is 16.2 Å². The van der Waals surface area contributed by atoms with E-state index >= 15 is 0 Å². The van der Waals surface area contributed by atoms with Crippen molar-refractivity contribution in [2.75, 3.05) is 7.05 Å². The first kappa shape index (κ1) is 13.3. The Morgan fingerprint density at radius 3 is 2.44 bits per heavy atom. The van der Waals surface area contributed by atoms with Gasteiger partial charge in [0.05, 0.1) is 20.9 Å². The summed E-state index contributed by atoms with van der Waals surface area (Å²) in [5.41, 5.74) is 0. The van der Waals surface area contributed by atoms with Gasteiger partial charge in [0.15, 0.2) is 0 Å². The van der Waals surface area contributed by atoms with Crippen LogP contribution < -0.4 is 5.32 Å². The second-order valence-corrected chi connectivity index (χ2v) is 5.43. The molecule has 0 amide bonds. The van der Waals surface area contributed by atoms with Gasteiger partial charge in [-0.25, -0.2) is 8.78 Å². The summed E-state index contributed by atoms with van der Waals surface area (Å²) in [7, 11) is 0.267. The molecule has 0 heterocycles. The molecule has 3 atom stereocenters. The molecule has 1 aromatic rings. The smallest absolute Gasteiger partial charge is 0.142 e. The van der Waals surface area contributed by atoms with Gasteiger partial charge in [-0.1, -0.05) is 0 Å². The van der Waals surface area contributed by atoms with Crippen LogP contribution in [0.4, 0.5) is 8.78 Å². The van der Waals surface area contributed by atoms with Crippen molar-refractivity contribution in [3.63, 3.8) is 0 Å². The van der Waals surface area contributed by atoms with Crippen molar-refractivity contribution in [1.82, 2.24) is 5.32 Å². The third-order valence-electron chi connectivity index (χ3n) is 2.61. The average molecular weight is 247 g/mol. The highest BCUT2D eigenvalue weighted by Crippen LogP contribution is 2.18. The molecule has 1 aromatic carbocycles. The lowest BCUT2D eigenvalue weighted by atomic mass is 10.3. The SMILES string of the molecule is CNC(C)C(C)S(=O)c1ccc(F)cc1F. The van der Waals surface area contributed by atoms with Crippen molar-refractivity contribution in [3.05, 3.63) is 29.8 Å². The molecular weight excluding hydrogens is 232 g/mol. The van der Waals surface area contributed by atoms with Crippen molar-refractivity contribution in [2.24, 2.45) is 0 Å². The minimum absolute atomic E-state index is 0.00899. The molecule has 0 aliphatic heterocycles. The van der Waals surface area contributed by atoms with Crippen molar-refractivity contribution in [2.45, 2.75) is 30.0 Å². The van der Waals surface area contributed by atoms with Gasteiger partial charge < -0.3 is 5.32 Å². The highest BCUT2D eigenvalue weighted by Gasteiger charge is 2.21. The first-order valence-corrected chi connectivity index (χ1v) is 6.21. The lowest BCUT2D eigenvalue weighted by Crippen LogP contribution is -2.35. The minimum atomic E-state index is -1.48. The van der Waals surface area contributed by atoms with Gasteiger partial charge >= 0.3 is 0 Å². The van der Waals surface area contributed by atoms with E-state index in [9.17, 15) is 13.0 Å². The van der Waals surface area contributed by atoms with Crippen molar-refractivity contribution < 1.29 is 13.0 Å². The van der Waals surface area contributed by atoms with Crippen LogP contribution in [0.5, 0.6) is 0 Å². The Hall–Kier alpha value is -0.810. The quantitative estimate of drug-likeness (QED) is 0.882. The standard InChI is InChI=1S/C11H15F2NOS/c1-7(14-3)8(2)16(15)11-5-4-9(12)6-10(11)13/h4-8,14H,1-3H3. The molecule has 1 rings (SSSR count). The summed E-state index contributed by atoms with van der Waals surface area (Å²) in [6, 6.07) is 3.10. The van der Waals surface area contributed by atoms with Crippen LogP contribution in [0.2, 0.25) is 0 Å². The van der Waals surface area contributed by atoms with E-state index in [1.54, 1.807) is 14.0 Å². The lowest BCUT2D eigenvalue weighted by molar-refractivity contribution is 0.554. The number of nitrogens with one attached hydrogen (secondary N) is 1. The Labute approximate surface area is 96.5 Å². The second kappa shape index (κ2) is 5.50. The van der Waals surface area contributed by atoms with Gasteiger partial charge in [-0.15, -0.1) is 0 Å². The highest BCUT2D eigenvalue weighted by atomic mass is 32.2. The normalized spacial score (nSPS) is 16.8. The molecule has 90 valence electrons. The largest absolute Gasteiger partial charge is 0.316 e. The zero-order chi connectivity index (χ0) is 12.3. The maximum atomic E-state index is 13.4. The van der Waals surface area contributed by atoms with Crippen LogP contribution in [0.1, 0.15) is 13.8 Å². The van der Waals surface area contributed by atoms with E-state index in [1.165, 1.54) is 6.07 Å². The van der Waals surface area contributed by atoms with E-state index in [0.29, 0.717) is 0 Å². The summed E-state index contributed by atoms with van der Waals surface area (Å²) in [5, 5.41) is 2.71. The Kier molecular flexibility index (Phi) is 4.56. The molecule has 3 unspecified atom stereocenters. The van der Waals surface area contributed by atoms with E-state index < -0.39 is 22.4 Å². The van der Waals surface area contributed by atoms with Gasteiger partial charge in [-0.05, 0) is 33.0 Å². The van der Waals surface area contributed by atoms with Crippen LogP contribution in [0.15, 0.2) is 23.1 Å². The Morgan fingerprint density at radius 1 is 1.31 bits per heavy atom. The summed E-state index contributed by atoms with van der Waals surface area (Å²) in [4.78, 5) is 0.0519. The molecule has 5 heteroatoms. The van der Waals surface area contributed by atoms with Gasteiger partial charge in [-0.2, -0.15) is 0 Å². The number of hydrogen-bond donors (Lipinski definition) is 1. The molecule has 0 saturated carbocycles. The lowest BCUT2D eigenvalue weighted by Gasteiger charge is -2.18. The van der Waals surface area contributed by atoms with Gasteiger partial charge in [0.25, 0.3) is 0 Å². The monoisotopic (exact) mass is 247 g/mol. The fourth-order valence-electron chi connectivity index (χ4n) is 1.26. The fourth-order valence-corrected chi connectivity index (χ4v) is 2.62. The van der Waals surface area contributed by atoms with Crippen LogP contribution in [-0.4, -0.2) is 22.5 Å². The molecule has 0 bridgehead atoms. The Balaban J connectivity index is 2.96. The molecule has 0 aliphatic rings. The van der Waals surface area contributed by atoms with E-state index in [4.69, 9.17) is 0 Å². The number of benzene rings is 1. The molecule has 1 N–H and O–H groups in total. The maximum absolute atomic E-state index is 13.4. The molecule has 0 saturated heterocycles. The van der Waals surface area contributed by atoms with Gasteiger partial charge in [-0.3, -0.25) is 4.21 Å². The topological polar surface area (TPSA) is 29.1 Å². The number of rotatable bonds is 4. The predicted octanol–water partition coefficient (Wildman–Crippen LogP) is 2.07. The summed E-state index contributed by atoms with van der Waals surface area (Å²) in [5.74, 6) is -1.42. The minimum Gasteiger partial charge on any atom is -0.316 e. The number of halogens is 2. The fraction of sp³-hybridized carbons (Fsp3) is 0.455. The van der Waals surface area contributed by atoms with Crippen LogP contribution >= 0.6 is 0 Å². The third-order valence-corrected chi connectivity index (χ3v) is 4.46. The first-order valence-electron chi connectivity index (χ1n) is 5.00. The predicted molar refractivity (Wildman–Crippen MR) is 60.8 cm³/mol. The third kappa shape index (κ3) is 2.86. The Bertz CT molecular complexity index is 398. The maximum Gasteiger partial charge on any atom is 0.142 e. The number of hydrogen-bond acceptors (Lipinski definition) is 2. The molecule has 0 spiro atoms. The zero-order valence-corrected chi connectivity index (χ0v) is 10.3. The second-order valence-electron chi connectivity index (χ2n) is 3.65. The van der Waals surface area contributed by atoms with Crippen LogP contribution in [0.25, 0.3) is 0 Å². The molecule has 0 fully saturated rings. The van der Waals surface area contributed by atoms with Crippen molar-refractivity contribution in [3.8, 4) is 0 Å². The summed E-state index contributed by atoms with van der Waals surface area (Å²) >= 11 is 0. The molecular formula is C11H15F2NOS. The van der Waals surface area contributed by atoms with Gasteiger partial charge in [0, 0.05) is 12.1 Å². The molecule has 0 aliphatic carbocycles. The molecule has 2 nitrogen and oxygen atoms in total. The average Bonchev–Trinajstić information content (AvgIpc) is 2.26. The molecule has 16 heavy (non-hydrogen) atoms. The van der Waals surface area contributed by atoms with Gasteiger partial charge in [0.1, 0.15) is 11.6 Å². The van der Waals surface area contributed by atoms with E-state index in [1.807, 2.05) is 6.92 Å². The van der Waals surface area contributed by atoms with Crippen molar-refractivity contribution >= 4 is 10.8 Å². The van der Waals surface area contributed by atoms with Crippen LogP contribution in [-0.2, 0) is 10.8 Å². The zero-order valence-electron chi connectivity index (χ0n) is 9.46. The van der Waals surface area contributed by atoms with Crippen molar-refractivity contribution in [1.29, 1.82) is 0 Å². The summed E-state index contributed by atoms with van der Waals surface area (Å²) in [6.45, 7) is 3.63. The van der Waals surface area contributed by atoms with Crippen LogP contribution in [0.3, 0.4) is 0 Å². The molecule has 0 radical (unpaired) electrons.